The van der Waals surface area contributed by atoms with Crippen molar-refractivity contribution in [2.75, 3.05) is 6.61 Å². The number of hydrogen-bond donors (Lipinski definition) is 0. The smallest absolute Gasteiger partial charge is 0.190 e. The van der Waals surface area contributed by atoms with Gasteiger partial charge in [0.25, 0.3) is 0 Å². The zero-order chi connectivity index (χ0) is 12.5. The van der Waals surface area contributed by atoms with Gasteiger partial charge in [-0.15, -0.1) is 13.2 Å². The second kappa shape index (κ2) is 5.11. The lowest BCUT2D eigenvalue weighted by Gasteiger charge is -2.32. The zero-order valence-corrected chi connectivity index (χ0v) is 10.2. The van der Waals surface area contributed by atoms with Crippen molar-refractivity contribution < 1.29 is 23.7 Å². The third-order valence-electron chi connectivity index (χ3n) is 3.34. The Bertz CT molecular complexity index is 331. The molecule has 3 aliphatic heterocycles. The van der Waals surface area contributed by atoms with E-state index in [1.54, 1.807) is 12.2 Å². The standard InChI is InChI=1S/C13H18O5/c1-3-5-9-14-7-8-11(16-9)12-13(15-8)18-10(17-12)6-4-2/h3-4,8-13H,1-2,5-7H2. The fourth-order valence-corrected chi connectivity index (χ4v) is 2.52. The Morgan fingerprint density at radius 3 is 2.39 bits per heavy atom. The van der Waals surface area contributed by atoms with Crippen molar-refractivity contribution in [2.45, 2.75) is 50.0 Å². The molecule has 3 rings (SSSR count). The molecule has 5 heteroatoms. The van der Waals surface area contributed by atoms with Crippen LogP contribution in [0.5, 0.6) is 0 Å². The third-order valence-corrected chi connectivity index (χ3v) is 3.34. The number of ether oxygens (including phenoxy) is 5. The lowest BCUT2D eigenvalue weighted by Crippen LogP contribution is -2.46. The van der Waals surface area contributed by atoms with Gasteiger partial charge in [-0.05, 0) is 0 Å². The van der Waals surface area contributed by atoms with Crippen molar-refractivity contribution >= 4 is 0 Å². The minimum absolute atomic E-state index is 0.106. The van der Waals surface area contributed by atoms with Gasteiger partial charge in [-0.25, -0.2) is 0 Å². The molecule has 6 atom stereocenters. The van der Waals surface area contributed by atoms with Crippen LogP contribution in [0.4, 0.5) is 0 Å². The summed E-state index contributed by atoms with van der Waals surface area (Å²) in [6, 6.07) is 0. The molecule has 0 aromatic carbocycles. The van der Waals surface area contributed by atoms with Gasteiger partial charge in [-0.2, -0.15) is 0 Å². The Hall–Kier alpha value is -0.720. The van der Waals surface area contributed by atoms with Crippen LogP contribution in [-0.4, -0.2) is 43.8 Å². The summed E-state index contributed by atoms with van der Waals surface area (Å²) in [5.41, 5.74) is 0. The molecule has 18 heavy (non-hydrogen) atoms. The maximum absolute atomic E-state index is 5.84. The van der Waals surface area contributed by atoms with E-state index in [9.17, 15) is 0 Å². The van der Waals surface area contributed by atoms with E-state index in [2.05, 4.69) is 13.2 Å². The van der Waals surface area contributed by atoms with Crippen LogP contribution < -0.4 is 0 Å². The molecule has 0 radical (unpaired) electrons. The molecule has 0 spiro atoms. The van der Waals surface area contributed by atoms with E-state index < -0.39 is 0 Å². The second-order valence-electron chi connectivity index (χ2n) is 4.62. The summed E-state index contributed by atoms with van der Waals surface area (Å²) < 4.78 is 28.5. The Morgan fingerprint density at radius 1 is 0.889 bits per heavy atom. The van der Waals surface area contributed by atoms with Crippen molar-refractivity contribution in [3.05, 3.63) is 25.3 Å². The first-order valence-electron chi connectivity index (χ1n) is 6.27. The van der Waals surface area contributed by atoms with Gasteiger partial charge in [-0.3, -0.25) is 0 Å². The van der Waals surface area contributed by atoms with Crippen molar-refractivity contribution in [1.82, 2.24) is 0 Å². The van der Waals surface area contributed by atoms with Crippen molar-refractivity contribution in [3.8, 4) is 0 Å². The fourth-order valence-electron chi connectivity index (χ4n) is 2.52. The average molecular weight is 254 g/mol. The Kier molecular flexibility index (Phi) is 3.50. The molecule has 100 valence electrons. The van der Waals surface area contributed by atoms with E-state index in [1.165, 1.54) is 0 Å². The predicted molar refractivity (Wildman–Crippen MR) is 62.6 cm³/mol. The van der Waals surface area contributed by atoms with E-state index in [4.69, 9.17) is 23.7 Å². The molecule has 6 unspecified atom stereocenters. The number of hydrogen-bond acceptors (Lipinski definition) is 5. The molecule has 0 aromatic rings. The molecule has 5 nitrogen and oxygen atoms in total. The van der Waals surface area contributed by atoms with Crippen LogP contribution in [-0.2, 0) is 23.7 Å². The lowest BCUT2D eigenvalue weighted by molar-refractivity contribution is -0.267. The maximum Gasteiger partial charge on any atom is 0.190 e. The molecule has 3 saturated heterocycles. The number of rotatable bonds is 4. The highest BCUT2D eigenvalue weighted by molar-refractivity contribution is 4.95. The summed E-state index contributed by atoms with van der Waals surface area (Å²) in [5.74, 6) is 0. The van der Waals surface area contributed by atoms with Crippen molar-refractivity contribution in [3.63, 3.8) is 0 Å². The Morgan fingerprint density at radius 2 is 1.61 bits per heavy atom. The van der Waals surface area contributed by atoms with Crippen molar-refractivity contribution in [2.24, 2.45) is 0 Å². The number of fused-ring (bicyclic) bond motifs is 3. The van der Waals surface area contributed by atoms with E-state index in [0.717, 1.165) is 0 Å². The highest BCUT2D eigenvalue weighted by Crippen LogP contribution is 2.38. The molecule has 3 heterocycles. The van der Waals surface area contributed by atoms with Crippen LogP contribution in [0.2, 0.25) is 0 Å². The minimum Gasteiger partial charge on any atom is -0.350 e. The SMILES string of the molecule is C=CCC1OCC2OC3OC(CC=C)OC3C2O1. The van der Waals surface area contributed by atoms with Crippen LogP contribution in [0.3, 0.4) is 0 Å². The van der Waals surface area contributed by atoms with Gasteiger partial charge in [0, 0.05) is 12.8 Å². The molecule has 0 aliphatic carbocycles. The molecule has 3 aliphatic rings. The summed E-state index contributed by atoms with van der Waals surface area (Å²) in [7, 11) is 0. The van der Waals surface area contributed by atoms with Crippen LogP contribution in [0.25, 0.3) is 0 Å². The van der Waals surface area contributed by atoms with Gasteiger partial charge in [0.05, 0.1) is 6.61 Å². The van der Waals surface area contributed by atoms with E-state index in [-0.39, 0.29) is 37.2 Å². The molecule has 0 amide bonds. The van der Waals surface area contributed by atoms with Gasteiger partial charge < -0.3 is 23.7 Å². The Labute approximate surface area is 106 Å². The molecular weight excluding hydrogens is 236 g/mol. The van der Waals surface area contributed by atoms with Gasteiger partial charge in [0.2, 0.25) is 0 Å². The molecule has 0 N–H and O–H groups in total. The zero-order valence-electron chi connectivity index (χ0n) is 10.2. The third kappa shape index (κ3) is 2.13. The first kappa shape index (κ1) is 12.3. The Balaban J connectivity index is 1.63. The van der Waals surface area contributed by atoms with E-state index >= 15 is 0 Å². The second-order valence-corrected chi connectivity index (χ2v) is 4.62. The molecule has 0 aromatic heterocycles. The summed E-state index contributed by atoms with van der Waals surface area (Å²) in [5, 5.41) is 0. The fraction of sp³-hybridized carbons (Fsp3) is 0.692. The topological polar surface area (TPSA) is 46.2 Å². The molecule has 0 saturated carbocycles. The highest BCUT2D eigenvalue weighted by atomic mass is 16.8. The van der Waals surface area contributed by atoms with Gasteiger partial charge >= 0.3 is 0 Å². The first-order chi connectivity index (χ1) is 8.81. The van der Waals surface area contributed by atoms with Gasteiger partial charge in [0.15, 0.2) is 18.9 Å². The van der Waals surface area contributed by atoms with Gasteiger partial charge in [0.1, 0.15) is 18.3 Å². The van der Waals surface area contributed by atoms with Crippen LogP contribution in [0.15, 0.2) is 25.3 Å². The largest absolute Gasteiger partial charge is 0.350 e. The van der Waals surface area contributed by atoms with Crippen LogP contribution >= 0.6 is 0 Å². The normalized spacial score (nSPS) is 46.4. The predicted octanol–water partition coefficient (Wildman–Crippen LogP) is 1.35. The summed E-state index contributed by atoms with van der Waals surface area (Å²) >= 11 is 0. The average Bonchev–Trinajstić information content (AvgIpc) is 2.87. The summed E-state index contributed by atoms with van der Waals surface area (Å²) in [6.07, 6.45) is 3.59. The minimum atomic E-state index is -0.351. The quantitative estimate of drug-likeness (QED) is 0.709. The van der Waals surface area contributed by atoms with Gasteiger partial charge in [-0.1, -0.05) is 12.2 Å². The summed E-state index contributed by atoms with van der Waals surface area (Å²) in [4.78, 5) is 0. The summed E-state index contributed by atoms with van der Waals surface area (Å²) in [6.45, 7) is 7.87. The molecule has 0 bridgehead atoms. The van der Waals surface area contributed by atoms with Crippen LogP contribution in [0.1, 0.15) is 12.8 Å². The lowest BCUT2D eigenvalue weighted by atomic mass is 10.1. The van der Waals surface area contributed by atoms with E-state index in [1.807, 2.05) is 0 Å². The highest BCUT2D eigenvalue weighted by Gasteiger charge is 2.54. The monoisotopic (exact) mass is 254 g/mol. The first-order valence-corrected chi connectivity index (χ1v) is 6.27. The van der Waals surface area contributed by atoms with E-state index in [0.29, 0.717) is 19.4 Å². The molecule has 3 fully saturated rings. The van der Waals surface area contributed by atoms with Crippen molar-refractivity contribution in [1.29, 1.82) is 0 Å². The maximum atomic E-state index is 5.84. The molecular formula is C13H18O5. The van der Waals surface area contributed by atoms with Crippen LogP contribution in [0, 0.1) is 0 Å².